The number of benzene rings is 2. The van der Waals surface area contributed by atoms with Crippen molar-refractivity contribution in [2.45, 2.75) is 26.9 Å². The van der Waals surface area contributed by atoms with Gasteiger partial charge >= 0.3 is 0 Å². The van der Waals surface area contributed by atoms with E-state index in [0.29, 0.717) is 39.0 Å². The molecule has 0 aliphatic rings. The summed E-state index contributed by atoms with van der Waals surface area (Å²) in [6.45, 7) is 4.05. The van der Waals surface area contributed by atoms with Crippen molar-refractivity contribution < 1.29 is 9.53 Å². The van der Waals surface area contributed by atoms with E-state index in [9.17, 15) is 9.59 Å². The monoisotopic (exact) mass is 453 g/mol. The zero-order chi connectivity index (χ0) is 22.0. The zero-order valence-corrected chi connectivity index (χ0v) is 18.6. The number of carbonyl (C=O) groups is 1. The summed E-state index contributed by atoms with van der Waals surface area (Å²) in [5.41, 5.74) is 3.69. The highest BCUT2D eigenvalue weighted by Gasteiger charge is 2.14. The van der Waals surface area contributed by atoms with Gasteiger partial charge in [-0.3, -0.25) is 15.0 Å². The number of para-hydroxylation sites is 1. The van der Waals surface area contributed by atoms with Crippen LogP contribution in [0.3, 0.4) is 0 Å². The number of aromatic nitrogens is 2. The third-order valence-electron chi connectivity index (χ3n) is 4.79. The van der Waals surface area contributed by atoms with Gasteiger partial charge in [-0.1, -0.05) is 42.8 Å². The zero-order valence-electron chi connectivity index (χ0n) is 17.0. The first-order valence-corrected chi connectivity index (χ1v) is 11.0. The molecule has 0 radical (unpaired) electrons. The maximum atomic E-state index is 12.8. The van der Waals surface area contributed by atoms with E-state index in [1.807, 2.05) is 25.1 Å². The number of fused-ring (bicyclic) bond motifs is 1. The van der Waals surface area contributed by atoms with Crippen LogP contribution in [0.1, 0.15) is 33.5 Å². The van der Waals surface area contributed by atoms with Gasteiger partial charge in [0.25, 0.3) is 11.5 Å². The number of carbonyl (C=O) groups excluding carboxylic acids is 1. The Morgan fingerprint density at radius 3 is 2.65 bits per heavy atom. The maximum Gasteiger partial charge on any atom is 0.281 e. The average molecular weight is 454 g/mol. The van der Waals surface area contributed by atoms with Gasteiger partial charge in [0.1, 0.15) is 23.0 Å². The van der Waals surface area contributed by atoms with Gasteiger partial charge in [-0.2, -0.15) is 0 Å². The molecular weight excluding hydrogens is 434 g/mol. The van der Waals surface area contributed by atoms with Gasteiger partial charge in [0, 0.05) is 10.4 Å². The Bertz CT molecular complexity index is 1310. The fraction of sp³-hybridized carbons (Fsp3) is 0.174. The van der Waals surface area contributed by atoms with Crippen molar-refractivity contribution in [1.29, 1.82) is 0 Å². The molecule has 0 spiro atoms. The number of ether oxygens (including phenoxy) is 1. The molecule has 158 valence electrons. The van der Waals surface area contributed by atoms with E-state index in [4.69, 9.17) is 16.3 Å². The lowest BCUT2D eigenvalue weighted by molar-refractivity contribution is 0.101. The van der Waals surface area contributed by atoms with E-state index in [-0.39, 0.29) is 5.56 Å². The minimum absolute atomic E-state index is 0.281. The number of hydrogen-bond acceptors (Lipinski definition) is 5. The van der Waals surface area contributed by atoms with E-state index >= 15 is 0 Å². The van der Waals surface area contributed by atoms with Crippen LogP contribution in [0.15, 0.2) is 59.4 Å². The van der Waals surface area contributed by atoms with Crippen LogP contribution in [0.2, 0.25) is 5.02 Å². The van der Waals surface area contributed by atoms with E-state index in [0.717, 1.165) is 16.9 Å². The topological polar surface area (TPSA) is 73.2 Å². The fourth-order valence-electron chi connectivity index (χ4n) is 3.08. The first kappa shape index (κ1) is 21.1. The molecule has 31 heavy (non-hydrogen) atoms. The summed E-state index contributed by atoms with van der Waals surface area (Å²) in [5, 5.41) is 1.06. The second-order valence-electron chi connectivity index (χ2n) is 6.94. The molecule has 2 aromatic carbocycles. The average Bonchev–Trinajstić information content (AvgIpc) is 3.19. The second-order valence-corrected chi connectivity index (χ2v) is 8.46. The highest BCUT2D eigenvalue weighted by Crippen LogP contribution is 2.24. The molecule has 2 heterocycles. The molecule has 0 aliphatic carbocycles. The second kappa shape index (κ2) is 8.91. The van der Waals surface area contributed by atoms with Crippen LogP contribution in [-0.4, -0.2) is 15.6 Å². The van der Waals surface area contributed by atoms with Crippen LogP contribution in [0.4, 0.5) is 0 Å². The number of halogens is 1. The van der Waals surface area contributed by atoms with Gasteiger partial charge in [0.2, 0.25) is 0 Å². The van der Waals surface area contributed by atoms with Gasteiger partial charge in [0.05, 0.1) is 10.4 Å². The van der Waals surface area contributed by atoms with Crippen molar-refractivity contribution >= 4 is 39.1 Å². The minimum atomic E-state index is -0.393. The Morgan fingerprint density at radius 2 is 1.94 bits per heavy atom. The summed E-state index contributed by atoms with van der Waals surface area (Å²) in [7, 11) is 0. The molecule has 0 fully saturated rings. The van der Waals surface area contributed by atoms with Crippen molar-refractivity contribution in [3.8, 4) is 5.75 Å². The van der Waals surface area contributed by atoms with Crippen LogP contribution in [-0.2, 0) is 13.0 Å². The largest absolute Gasteiger partial charge is 0.487 e. The number of aryl methyl sites for hydroxylation is 2. The third kappa shape index (κ3) is 4.47. The molecule has 0 bridgehead atoms. The molecule has 0 aliphatic heterocycles. The van der Waals surface area contributed by atoms with Crippen LogP contribution in [0, 0.1) is 6.92 Å². The standard InChI is InChI=1S/C23H20ClN3O3S/c1-3-17-12-18-22(31-17)25-14(2)27(23(18)29)26-21(28)16-10-8-15(9-11-16)13-30-20-7-5-4-6-19(20)24/h4-12H,3,13H2,1-2H3,(H,26,28). The van der Waals surface area contributed by atoms with Gasteiger partial charge in [-0.25, -0.2) is 9.66 Å². The Hall–Kier alpha value is -3.16. The molecule has 4 rings (SSSR count). The lowest BCUT2D eigenvalue weighted by Crippen LogP contribution is -2.35. The van der Waals surface area contributed by atoms with Crippen LogP contribution in [0.25, 0.3) is 10.2 Å². The first-order chi connectivity index (χ1) is 15.0. The number of amides is 1. The Morgan fingerprint density at radius 1 is 1.19 bits per heavy atom. The van der Waals surface area contributed by atoms with Gasteiger partial charge < -0.3 is 4.74 Å². The van der Waals surface area contributed by atoms with E-state index in [1.165, 1.54) is 16.0 Å². The highest BCUT2D eigenvalue weighted by molar-refractivity contribution is 7.18. The Labute approximate surface area is 188 Å². The molecule has 6 nitrogen and oxygen atoms in total. The van der Waals surface area contributed by atoms with Crippen LogP contribution >= 0.6 is 22.9 Å². The summed E-state index contributed by atoms with van der Waals surface area (Å²) in [4.78, 5) is 31.8. The molecule has 0 atom stereocenters. The summed E-state index contributed by atoms with van der Waals surface area (Å²) in [5.74, 6) is 0.638. The number of rotatable bonds is 6. The molecule has 0 saturated heterocycles. The summed E-state index contributed by atoms with van der Waals surface area (Å²) in [6.07, 6.45) is 0.832. The summed E-state index contributed by atoms with van der Waals surface area (Å²) >= 11 is 7.59. The number of thiophene rings is 1. The van der Waals surface area contributed by atoms with Gasteiger partial charge in [-0.15, -0.1) is 11.3 Å². The number of nitrogens with one attached hydrogen (secondary N) is 1. The smallest absolute Gasteiger partial charge is 0.281 e. The normalized spacial score (nSPS) is 10.9. The lowest BCUT2D eigenvalue weighted by atomic mass is 10.1. The lowest BCUT2D eigenvalue weighted by Gasteiger charge is -2.11. The van der Waals surface area contributed by atoms with Crippen molar-refractivity contribution in [3.05, 3.63) is 91.8 Å². The maximum absolute atomic E-state index is 12.8. The van der Waals surface area contributed by atoms with Gasteiger partial charge in [0.15, 0.2) is 0 Å². The number of hydrogen-bond donors (Lipinski definition) is 1. The molecule has 0 saturated carbocycles. The minimum Gasteiger partial charge on any atom is -0.487 e. The molecule has 1 N–H and O–H groups in total. The summed E-state index contributed by atoms with van der Waals surface area (Å²) < 4.78 is 6.92. The first-order valence-electron chi connectivity index (χ1n) is 9.76. The van der Waals surface area contributed by atoms with Crippen LogP contribution in [0.5, 0.6) is 5.75 Å². The molecule has 8 heteroatoms. The van der Waals surface area contributed by atoms with Gasteiger partial charge in [-0.05, 0) is 49.2 Å². The SMILES string of the molecule is CCc1cc2c(=O)n(NC(=O)c3ccc(COc4ccccc4Cl)cc3)c(C)nc2s1. The van der Waals surface area contributed by atoms with Crippen molar-refractivity contribution in [3.63, 3.8) is 0 Å². The van der Waals surface area contributed by atoms with Crippen molar-refractivity contribution in [2.24, 2.45) is 0 Å². The molecule has 0 unspecified atom stereocenters. The quantitative estimate of drug-likeness (QED) is 0.448. The molecule has 1 amide bonds. The van der Waals surface area contributed by atoms with E-state index in [2.05, 4.69) is 10.4 Å². The Balaban J connectivity index is 1.49. The summed E-state index contributed by atoms with van der Waals surface area (Å²) in [6, 6.07) is 16.1. The third-order valence-corrected chi connectivity index (χ3v) is 6.28. The number of nitrogens with zero attached hydrogens (tertiary/aromatic N) is 2. The molecular formula is C23H20ClN3O3S. The van der Waals surface area contributed by atoms with Crippen molar-refractivity contribution in [1.82, 2.24) is 9.66 Å². The fourth-order valence-corrected chi connectivity index (χ4v) is 4.27. The van der Waals surface area contributed by atoms with Crippen LogP contribution < -0.4 is 15.7 Å². The predicted octanol–water partition coefficient (Wildman–Crippen LogP) is 4.95. The van der Waals surface area contributed by atoms with E-state index in [1.54, 1.807) is 43.3 Å². The predicted molar refractivity (Wildman–Crippen MR) is 124 cm³/mol. The molecule has 2 aromatic heterocycles. The molecule has 4 aromatic rings. The Kier molecular flexibility index (Phi) is 6.06. The highest BCUT2D eigenvalue weighted by atomic mass is 35.5. The van der Waals surface area contributed by atoms with E-state index < -0.39 is 5.91 Å². The van der Waals surface area contributed by atoms with Crippen molar-refractivity contribution in [2.75, 3.05) is 5.43 Å².